The van der Waals surface area contributed by atoms with Crippen molar-refractivity contribution >= 4 is 0 Å². The van der Waals surface area contributed by atoms with Gasteiger partial charge in [-0.2, -0.15) is 5.26 Å². The topological polar surface area (TPSA) is 45.0 Å². The Balaban J connectivity index is 2.19. The van der Waals surface area contributed by atoms with Crippen LogP contribution < -0.4 is 5.32 Å². The summed E-state index contributed by atoms with van der Waals surface area (Å²) in [5.74, 6) is 0. The van der Waals surface area contributed by atoms with Gasteiger partial charge in [0.05, 0.1) is 12.2 Å². The quantitative estimate of drug-likeness (QED) is 0.681. The molecule has 14 heavy (non-hydrogen) atoms. The van der Waals surface area contributed by atoms with E-state index in [-0.39, 0.29) is 5.41 Å². The van der Waals surface area contributed by atoms with Crippen LogP contribution in [0.5, 0.6) is 0 Å². The number of nitrogens with one attached hydrogen (secondary N) is 1. The molecule has 1 aliphatic rings. The molecule has 1 rings (SSSR count). The molecule has 0 aromatic carbocycles. The Morgan fingerprint density at radius 2 is 2.29 bits per heavy atom. The van der Waals surface area contributed by atoms with Crippen molar-refractivity contribution in [2.24, 2.45) is 5.41 Å². The summed E-state index contributed by atoms with van der Waals surface area (Å²) in [5, 5.41) is 11.9. The summed E-state index contributed by atoms with van der Waals surface area (Å²) in [6, 6.07) is 2.70. The molecule has 1 fully saturated rings. The van der Waals surface area contributed by atoms with Crippen LogP contribution in [-0.2, 0) is 4.74 Å². The summed E-state index contributed by atoms with van der Waals surface area (Å²) >= 11 is 0. The highest BCUT2D eigenvalue weighted by Crippen LogP contribution is 2.42. The van der Waals surface area contributed by atoms with Crippen LogP contribution in [0.2, 0.25) is 0 Å². The first-order chi connectivity index (χ1) is 6.62. The molecule has 0 aliphatic heterocycles. The molecule has 0 saturated heterocycles. The van der Waals surface area contributed by atoms with Gasteiger partial charge in [0.15, 0.2) is 0 Å². The van der Waals surface area contributed by atoms with Crippen LogP contribution >= 0.6 is 0 Å². The zero-order valence-corrected chi connectivity index (χ0v) is 9.34. The zero-order chi connectivity index (χ0) is 10.6. The van der Waals surface area contributed by atoms with E-state index in [2.05, 4.69) is 25.2 Å². The second-order valence-corrected chi connectivity index (χ2v) is 4.55. The number of hydrogen-bond donors (Lipinski definition) is 1. The molecule has 1 saturated carbocycles. The third kappa shape index (κ3) is 2.26. The molecule has 3 heteroatoms. The molecule has 0 bridgehead atoms. The number of unbranched alkanes of at least 4 members (excludes halogenated alkanes) is 1. The van der Waals surface area contributed by atoms with Gasteiger partial charge in [-0.05, 0) is 19.4 Å². The van der Waals surface area contributed by atoms with Gasteiger partial charge in [0.25, 0.3) is 0 Å². The van der Waals surface area contributed by atoms with Gasteiger partial charge in [-0.25, -0.2) is 0 Å². The molecule has 0 radical (unpaired) electrons. The minimum absolute atomic E-state index is 0.237. The summed E-state index contributed by atoms with van der Waals surface area (Å²) in [7, 11) is 1.78. The van der Waals surface area contributed by atoms with Crippen molar-refractivity contribution < 1.29 is 4.74 Å². The van der Waals surface area contributed by atoms with Crippen molar-refractivity contribution in [2.75, 3.05) is 13.7 Å². The Bertz CT molecular complexity index is 220. The van der Waals surface area contributed by atoms with E-state index >= 15 is 0 Å². The van der Waals surface area contributed by atoms with Crippen molar-refractivity contribution in [3.8, 4) is 6.07 Å². The first-order valence-corrected chi connectivity index (χ1v) is 5.26. The number of nitriles is 1. The van der Waals surface area contributed by atoms with Crippen LogP contribution in [0.4, 0.5) is 0 Å². The van der Waals surface area contributed by atoms with Gasteiger partial charge in [0.2, 0.25) is 0 Å². The monoisotopic (exact) mass is 196 g/mol. The maximum absolute atomic E-state index is 8.39. The number of ether oxygens (including phenoxy) is 1. The fraction of sp³-hybridized carbons (Fsp3) is 0.909. The molecule has 80 valence electrons. The van der Waals surface area contributed by atoms with Crippen LogP contribution in [-0.4, -0.2) is 25.8 Å². The van der Waals surface area contributed by atoms with Gasteiger partial charge < -0.3 is 10.1 Å². The molecule has 0 heterocycles. The SMILES string of the molecule is COC1CC(NCCCC#N)C1(C)C. The van der Waals surface area contributed by atoms with Crippen molar-refractivity contribution in [1.29, 1.82) is 5.26 Å². The minimum atomic E-state index is 0.237. The second-order valence-electron chi connectivity index (χ2n) is 4.55. The Labute approximate surface area is 86.4 Å². The van der Waals surface area contributed by atoms with Gasteiger partial charge in [0.1, 0.15) is 0 Å². The fourth-order valence-corrected chi connectivity index (χ4v) is 2.08. The molecular formula is C11H20N2O. The molecule has 0 spiro atoms. The standard InChI is InChI=1S/C11H20N2O/c1-11(2)9(8-10(11)14-3)13-7-5-4-6-12/h9-10,13H,4-5,7-8H2,1-3H3. The Kier molecular flexibility index (Phi) is 3.91. The highest BCUT2D eigenvalue weighted by Gasteiger charge is 2.47. The zero-order valence-electron chi connectivity index (χ0n) is 9.34. The summed E-state index contributed by atoms with van der Waals surface area (Å²) in [4.78, 5) is 0. The van der Waals surface area contributed by atoms with E-state index in [1.54, 1.807) is 7.11 Å². The average Bonchev–Trinajstić information content (AvgIpc) is 2.15. The first-order valence-electron chi connectivity index (χ1n) is 5.26. The largest absolute Gasteiger partial charge is 0.381 e. The Morgan fingerprint density at radius 1 is 1.57 bits per heavy atom. The Morgan fingerprint density at radius 3 is 2.79 bits per heavy atom. The molecule has 2 atom stereocenters. The first kappa shape index (κ1) is 11.5. The molecule has 0 aromatic rings. The second kappa shape index (κ2) is 4.77. The van der Waals surface area contributed by atoms with Gasteiger partial charge >= 0.3 is 0 Å². The van der Waals surface area contributed by atoms with Crippen molar-refractivity contribution in [3.63, 3.8) is 0 Å². The van der Waals surface area contributed by atoms with Crippen LogP contribution in [0, 0.1) is 16.7 Å². The predicted molar refractivity (Wildman–Crippen MR) is 55.8 cm³/mol. The molecule has 1 aliphatic carbocycles. The smallest absolute Gasteiger partial charge is 0.0652 e. The summed E-state index contributed by atoms with van der Waals surface area (Å²) in [6.07, 6.45) is 3.07. The number of methoxy groups -OCH3 is 1. The lowest BCUT2D eigenvalue weighted by Crippen LogP contribution is -2.60. The molecule has 1 N–H and O–H groups in total. The van der Waals surface area contributed by atoms with E-state index in [9.17, 15) is 0 Å². The maximum Gasteiger partial charge on any atom is 0.0652 e. The van der Waals surface area contributed by atoms with Crippen LogP contribution in [0.25, 0.3) is 0 Å². The fourth-order valence-electron chi connectivity index (χ4n) is 2.08. The lowest BCUT2D eigenvalue weighted by molar-refractivity contribution is -0.0972. The van der Waals surface area contributed by atoms with Gasteiger partial charge in [-0.15, -0.1) is 0 Å². The lowest BCUT2D eigenvalue weighted by Gasteiger charge is -2.51. The van der Waals surface area contributed by atoms with E-state index in [1.807, 2.05) is 0 Å². The third-order valence-electron chi connectivity index (χ3n) is 3.32. The average molecular weight is 196 g/mol. The van der Waals surface area contributed by atoms with E-state index in [0.717, 1.165) is 19.4 Å². The van der Waals surface area contributed by atoms with Gasteiger partial charge in [-0.1, -0.05) is 13.8 Å². The lowest BCUT2D eigenvalue weighted by atomic mass is 9.64. The van der Waals surface area contributed by atoms with E-state index in [1.165, 1.54) is 0 Å². The normalized spacial score (nSPS) is 29.3. The summed E-state index contributed by atoms with van der Waals surface area (Å²) < 4.78 is 5.37. The molecule has 3 nitrogen and oxygen atoms in total. The van der Waals surface area contributed by atoms with Gasteiger partial charge in [0, 0.05) is 25.0 Å². The van der Waals surface area contributed by atoms with Crippen LogP contribution in [0.15, 0.2) is 0 Å². The molecule has 0 amide bonds. The molecule has 2 unspecified atom stereocenters. The van der Waals surface area contributed by atoms with Gasteiger partial charge in [-0.3, -0.25) is 0 Å². The highest BCUT2D eigenvalue weighted by molar-refractivity contribution is 5.02. The van der Waals surface area contributed by atoms with Crippen molar-refractivity contribution in [1.82, 2.24) is 5.32 Å². The number of hydrogen-bond acceptors (Lipinski definition) is 3. The van der Waals surface area contributed by atoms with Crippen LogP contribution in [0.1, 0.15) is 33.1 Å². The van der Waals surface area contributed by atoms with E-state index in [0.29, 0.717) is 18.6 Å². The summed E-state index contributed by atoms with van der Waals surface area (Å²) in [5.41, 5.74) is 0.237. The number of nitrogens with zero attached hydrogens (tertiary/aromatic N) is 1. The third-order valence-corrected chi connectivity index (χ3v) is 3.32. The Hall–Kier alpha value is -0.590. The minimum Gasteiger partial charge on any atom is -0.381 e. The maximum atomic E-state index is 8.39. The highest BCUT2D eigenvalue weighted by atomic mass is 16.5. The van der Waals surface area contributed by atoms with Crippen LogP contribution in [0.3, 0.4) is 0 Å². The van der Waals surface area contributed by atoms with E-state index < -0.39 is 0 Å². The number of rotatable bonds is 5. The molecular weight excluding hydrogens is 176 g/mol. The molecule has 0 aromatic heterocycles. The van der Waals surface area contributed by atoms with E-state index in [4.69, 9.17) is 10.00 Å². The van der Waals surface area contributed by atoms with Crippen molar-refractivity contribution in [3.05, 3.63) is 0 Å². The predicted octanol–water partition coefficient (Wildman–Crippen LogP) is 1.69. The summed E-state index contributed by atoms with van der Waals surface area (Å²) in [6.45, 7) is 5.40. The van der Waals surface area contributed by atoms with Crippen molar-refractivity contribution in [2.45, 2.75) is 45.3 Å².